The van der Waals surface area contributed by atoms with Crippen LogP contribution < -0.4 is 5.32 Å². The summed E-state index contributed by atoms with van der Waals surface area (Å²) in [5.74, 6) is -1.07. The molecule has 2 rings (SSSR count). The Hall–Kier alpha value is -3.09. The summed E-state index contributed by atoms with van der Waals surface area (Å²) in [6, 6.07) is 9.32. The van der Waals surface area contributed by atoms with E-state index in [0.29, 0.717) is 11.4 Å². The first kappa shape index (κ1) is 16.3. The maximum Gasteiger partial charge on any atom is 0.373 e. The average molecular weight is 317 g/mol. The zero-order chi connectivity index (χ0) is 16.8. The molecule has 0 radical (unpaired) electrons. The van der Waals surface area contributed by atoms with Gasteiger partial charge in [-0.1, -0.05) is 6.07 Å². The summed E-state index contributed by atoms with van der Waals surface area (Å²) in [6.07, 6.45) is 0. The third-order valence-electron chi connectivity index (χ3n) is 2.81. The predicted octanol–water partition coefficient (Wildman–Crippen LogP) is 2.38. The van der Waals surface area contributed by atoms with Gasteiger partial charge in [0, 0.05) is 12.6 Å². The molecule has 0 aliphatic carbocycles. The van der Waals surface area contributed by atoms with Crippen LogP contribution in [0.3, 0.4) is 0 Å². The average Bonchev–Trinajstić information content (AvgIpc) is 3.00. The molecule has 1 aromatic heterocycles. The number of nitrogens with one attached hydrogen (secondary N) is 1. The Bertz CT molecular complexity index is 734. The fourth-order valence-electron chi connectivity index (χ4n) is 1.81. The molecule has 0 aliphatic heterocycles. The number of benzene rings is 1. The highest BCUT2D eigenvalue weighted by Crippen LogP contribution is 2.14. The summed E-state index contributed by atoms with van der Waals surface area (Å²) in [6.45, 7) is 1.25. The van der Waals surface area contributed by atoms with E-state index < -0.39 is 11.9 Å². The number of anilines is 1. The van der Waals surface area contributed by atoms with Gasteiger partial charge < -0.3 is 19.2 Å². The molecule has 1 N–H and O–H groups in total. The van der Waals surface area contributed by atoms with Gasteiger partial charge in [0.05, 0.1) is 12.7 Å². The highest BCUT2D eigenvalue weighted by molar-refractivity contribution is 5.93. The number of esters is 2. The molecule has 0 bridgehead atoms. The summed E-state index contributed by atoms with van der Waals surface area (Å²) in [5.41, 5.74) is 0.786. The van der Waals surface area contributed by atoms with E-state index in [4.69, 9.17) is 9.15 Å². The minimum absolute atomic E-state index is 0.0335. The third-order valence-corrected chi connectivity index (χ3v) is 2.81. The summed E-state index contributed by atoms with van der Waals surface area (Å²) >= 11 is 0. The lowest BCUT2D eigenvalue weighted by Crippen LogP contribution is -2.08. The minimum Gasteiger partial charge on any atom is -0.463 e. The number of ether oxygens (including phenoxy) is 2. The molecule has 1 heterocycles. The van der Waals surface area contributed by atoms with Gasteiger partial charge in [-0.15, -0.1) is 0 Å². The summed E-state index contributed by atoms with van der Waals surface area (Å²) in [5, 5.41) is 2.58. The predicted molar refractivity (Wildman–Crippen MR) is 79.9 cm³/mol. The van der Waals surface area contributed by atoms with E-state index in [1.165, 1.54) is 32.2 Å². The largest absolute Gasteiger partial charge is 0.463 e. The summed E-state index contributed by atoms with van der Waals surface area (Å²) in [7, 11) is 1.24. The van der Waals surface area contributed by atoms with E-state index in [1.54, 1.807) is 18.2 Å². The second kappa shape index (κ2) is 7.26. The number of hydrogen-bond acceptors (Lipinski definition) is 6. The van der Waals surface area contributed by atoms with Crippen molar-refractivity contribution in [1.82, 2.24) is 0 Å². The Morgan fingerprint density at radius 3 is 2.61 bits per heavy atom. The van der Waals surface area contributed by atoms with Crippen LogP contribution in [0.15, 0.2) is 40.8 Å². The standard InChI is InChI=1S/C16H15NO6/c1-10(18)17-12-5-3-4-11(8-12)15(19)22-9-13-6-7-14(23-13)16(20)21-2/h3-8H,9H2,1-2H3,(H,17,18). The van der Waals surface area contributed by atoms with Crippen LogP contribution in [0.1, 0.15) is 33.6 Å². The quantitative estimate of drug-likeness (QED) is 0.851. The van der Waals surface area contributed by atoms with Gasteiger partial charge >= 0.3 is 11.9 Å². The summed E-state index contributed by atoms with van der Waals surface area (Å²) < 4.78 is 14.8. The highest BCUT2D eigenvalue weighted by atomic mass is 16.5. The molecule has 1 aromatic carbocycles. The normalized spacial score (nSPS) is 10.0. The smallest absolute Gasteiger partial charge is 0.373 e. The van der Waals surface area contributed by atoms with Crippen LogP contribution in [0.4, 0.5) is 5.69 Å². The van der Waals surface area contributed by atoms with Crippen LogP contribution in [0.5, 0.6) is 0 Å². The van der Waals surface area contributed by atoms with E-state index in [0.717, 1.165) is 0 Å². The molecule has 2 aromatic rings. The fraction of sp³-hybridized carbons (Fsp3) is 0.188. The van der Waals surface area contributed by atoms with Crippen molar-refractivity contribution in [3.05, 3.63) is 53.5 Å². The zero-order valence-corrected chi connectivity index (χ0v) is 12.6. The molecule has 0 fully saturated rings. The first-order valence-electron chi connectivity index (χ1n) is 6.71. The van der Waals surface area contributed by atoms with E-state index in [9.17, 15) is 14.4 Å². The van der Waals surface area contributed by atoms with Crippen molar-refractivity contribution in [2.45, 2.75) is 13.5 Å². The number of amides is 1. The maximum atomic E-state index is 12.0. The van der Waals surface area contributed by atoms with Crippen molar-refractivity contribution in [2.75, 3.05) is 12.4 Å². The van der Waals surface area contributed by atoms with E-state index in [-0.39, 0.29) is 23.8 Å². The lowest BCUT2D eigenvalue weighted by atomic mass is 10.2. The molecule has 0 saturated carbocycles. The number of methoxy groups -OCH3 is 1. The van der Waals surface area contributed by atoms with Gasteiger partial charge in [0.2, 0.25) is 11.7 Å². The number of furan rings is 1. The van der Waals surface area contributed by atoms with Gasteiger partial charge in [-0.3, -0.25) is 4.79 Å². The van der Waals surface area contributed by atoms with E-state index in [2.05, 4.69) is 10.1 Å². The van der Waals surface area contributed by atoms with E-state index >= 15 is 0 Å². The monoisotopic (exact) mass is 317 g/mol. The molecule has 0 saturated heterocycles. The van der Waals surface area contributed by atoms with Crippen LogP contribution in [-0.2, 0) is 20.9 Å². The highest BCUT2D eigenvalue weighted by Gasteiger charge is 2.13. The van der Waals surface area contributed by atoms with Gasteiger partial charge in [0.1, 0.15) is 12.4 Å². The van der Waals surface area contributed by atoms with Gasteiger partial charge in [0.25, 0.3) is 0 Å². The molecule has 0 atom stereocenters. The fourth-order valence-corrected chi connectivity index (χ4v) is 1.81. The van der Waals surface area contributed by atoms with Gasteiger partial charge in [-0.2, -0.15) is 0 Å². The topological polar surface area (TPSA) is 94.8 Å². The SMILES string of the molecule is COC(=O)c1ccc(COC(=O)c2cccc(NC(C)=O)c2)o1. The Kier molecular flexibility index (Phi) is 5.14. The van der Waals surface area contributed by atoms with Crippen molar-refractivity contribution in [2.24, 2.45) is 0 Å². The molecule has 1 amide bonds. The molecule has 0 unspecified atom stereocenters. The van der Waals surface area contributed by atoms with Gasteiger partial charge in [0.15, 0.2) is 0 Å². The first-order chi connectivity index (χ1) is 11.0. The zero-order valence-electron chi connectivity index (χ0n) is 12.6. The number of carbonyl (C=O) groups is 3. The molecule has 7 heteroatoms. The Morgan fingerprint density at radius 2 is 1.91 bits per heavy atom. The number of hydrogen-bond donors (Lipinski definition) is 1. The first-order valence-corrected chi connectivity index (χ1v) is 6.71. The third kappa shape index (κ3) is 4.44. The summed E-state index contributed by atoms with van der Waals surface area (Å²) in [4.78, 5) is 34.2. The second-order valence-electron chi connectivity index (χ2n) is 4.60. The lowest BCUT2D eigenvalue weighted by Gasteiger charge is -2.06. The molecule has 7 nitrogen and oxygen atoms in total. The van der Waals surface area contributed by atoms with Crippen LogP contribution in [0.25, 0.3) is 0 Å². The van der Waals surface area contributed by atoms with Crippen LogP contribution in [-0.4, -0.2) is 25.0 Å². The molecule has 0 spiro atoms. The molecule has 0 aliphatic rings. The van der Waals surface area contributed by atoms with Gasteiger partial charge in [-0.05, 0) is 30.3 Å². The lowest BCUT2D eigenvalue weighted by molar-refractivity contribution is -0.114. The Balaban J connectivity index is 1.98. The molecule has 23 heavy (non-hydrogen) atoms. The Labute approximate surface area is 132 Å². The van der Waals surface area contributed by atoms with Crippen LogP contribution >= 0.6 is 0 Å². The van der Waals surface area contributed by atoms with Crippen molar-refractivity contribution in [3.8, 4) is 0 Å². The van der Waals surface area contributed by atoms with Crippen molar-refractivity contribution in [3.63, 3.8) is 0 Å². The van der Waals surface area contributed by atoms with Gasteiger partial charge in [-0.25, -0.2) is 9.59 Å². The van der Waals surface area contributed by atoms with Crippen molar-refractivity contribution >= 4 is 23.5 Å². The number of carbonyl (C=O) groups excluding carboxylic acids is 3. The van der Waals surface area contributed by atoms with Crippen molar-refractivity contribution < 1.29 is 28.3 Å². The Morgan fingerprint density at radius 1 is 1.13 bits per heavy atom. The van der Waals surface area contributed by atoms with Crippen LogP contribution in [0.2, 0.25) is 0 Å². The van der Waals surface area contributed by atoms with Crippen molar-refractivity contribution in [1.29, 1.82) is 0 Å². The molecular weight excluding hydrogens is 302 g/mol. The molecular formula is C16H15NO6. The maximum absolute atomic E-state index is 12.0. The minimum atomic E-state index is -0.606. The number of rotatable bonds is 5. The van der Waals surface area contributed by atoms with Crippen LogP contribution in [0, 0.1) is 0 Å². The van der Waals surface area contributed by atoms with E-state index in [1.807, 2.05) is 0 Å². The second-order valence-corrected chi connectivity index (χ2v) is 4.60. The molecule has 120 valence electrons.